The van der Waals surface area contributed by atoms with E-state index in [1.807, 2.05) is 17.7 Å². The third-order valence-corrected chi connectivity index (χ3v) is 3.04. The quantitative estimate of drug-likeness (QED) is 0.832. The fourth-order valence-electron chi connectivity index (χ4n) is 2.01. The molecule has 0 radical (unpaired) electrons. The lowest BCUT2D eigenvalue weighted by Gasteiger charge is -2.10. The average molecular weight is 298 g/mol. The zero-order valence-electron chi connectivity index (χ0n) is 11.7. The molecule has 2 heterocycles. The molecule has 7 heteroatoms. The molecule has 1 N–H and O–H groups in total. The maximum atomic E-state index is 12.5. The minimum Gasteiger partial charge on any atom is -0.370 e. The fourth-order valence-corrected chi connectivity index (χ4v) is 2.01. The van der Waals surface area contributed by atoms with Crippen LogP contribution in [-0.4, -0.2) is 21.1 Å². The van der Waals surface area contributed by atoms with E-state index in [0.29, 0.717) is 6.54 Å². The van der Waals surface area contributed by atoms with Gasteiger partial charge < -0.3 is 9.88 Å². The number of halogens is 3. The maximum Gasteiger partial charge on any atom is 0.433 e. The molecule has 0 atom stereocenters. The number of rotatable bonds is 6. The van der Waals surface area contributed by atoms with Gasteiger partial charge in [0.1, 0.15) is 17.3 Å². The van der Waals surface area contributed by atoms with Crippen LogP contribution in [0, 0.1) is 0 Å². The number of imidazole rings is 1. The smallest absolute Gasteiger partial charge is 0.370 e. The van der Waals surface area contributed by atoms with E-state index in [-0.39, 0.29) is 5.82 Å². The molecular formula is C14H17F3N4. The molecular weight excluding hydrogens is 281 g/mol. The van der Waals surface area contributed by atoms with Crippen molar-refractivity contribution in [1.29, 1.82) is 0 Å². The Balaban J connectivity index is 1.84. The van der Waals surface area contributed by atoms with Gasteiger partial charge in [-0.15, -0.1) is 0 Å². The molecule has 2 rings (SSSR count). The fraction of sp³-hybridized carbons (Fsp3) is 0.429. The van der Waals surface area contributed by atoms with Gasteiger partial charge in [0.2, 0.25) is 0 Å². The second-order valence-electron chi connectivity index (χ2n) is 4.58. The van der Waals surface area contributed by atoms with Crippen molar-refractivity contribution in [2.45, 2.75) is 32.5 Å². The number of nitrogens with one attached hydrogen (secondary N) is 1. The standard InChI is InChI=1S/C14H17F3N4/c1-2-13-19-8-10-21(13)9-4-7-18-12-6-3-5-11(20-12)14(15,16)17/h3,5-6,8,10H,2,4,7,9H2,1H3,(H,18,20). The van der Waals surface area contributed by atoms with E-state index in [0.717, 1.165) is 31.3 Å². The van der Waals surface area contributed by atoms with E-state index in [1.165, 1.54) is 12.1 Å². The normalized spacial score (nSPS) is 11.6. The number of pyridine rings is 1. The van der Waals surface area contributed by atoms with E-state index < -0.39 is 11.9 Å². The van der Waals surface area contributed by atoms with Crippen LogP contribution in [0.25, 0.3) is 0 Å². The van der Waals surface area contributed by atoms with Gasteiger partial charge in [0.05, 0.1) is 0 Å². The lowest BCUT2D eigenvalue weighted by atomic mass is 10.3. The summed E-state index contributed by atoms with van der Waals surface area (Å²) in [5, 5.41) is 2.91. The van der Waals surface area contributed by atoms with E-state index in [2.05, 4.69) is 15.3 Å². The van der Waals surface area contributed by atoms with Crippen molar-refractivity contribution >= 4 is 5.82 Å². The Labute approximate surface area is 121 Å². The van der Waals surface area contributed by atoms with Crippen molar-refractivity contribution in [2.75, 3.05) is 11.9 Å². The van der Waals surface area contributed by atoms with Crippen molar-refractivity contribution in [3.8, 4) is 0 Å². The van der Waals surface area contributed by atoms with Crippen LogP contribution in [0.2, 0.25) is 0 Å². The van der Waals surface area contributed by atoms with Gasteiger partial charge in [-0.2, -0.15) is 13.2 Å². The topological polar surface area (TPSA) is 42.7 Å². The van der Waals surface area contributed by atoms with Crippen LogP contribution in [0.4, 0.5) is 19.0 Å². The summed E-state index contributed by atoms with van der Waals surface area (Å²) in [6, 6.07) is 3.84. The van der Waals surface area contributed by atoms with Crippen molar-refractivity contribution in [1.82, 2.24) is 14.5 Å². The first kappa shape index (κ1) is 15.3. The molecule has 4 nitrogen and oxygen atoms in total. The summed E-state index contributed by atoms with van der Waals surface area (Å²) in [5.74, 6) is 1.25. The number of nitrogens with zero attached hydrogens (tertiary/aromatic N) is 3. The molecule has 114 valence electrons. The molecule has 0 bridgehead atoms. The molecule has 0 spiro atoms. The van der Waals surface area contributed by atoms with Gasteiger partial charge in [-0.05, 0) is 18.6 Å². The number of aryl methyl sites for hydroxylation is 2. The molecule has 0 aliphatic rings. The van der Waals surface area contributed by atoms with E-state index in [1.54, 1.807) is 6.20 Å². The summed E-state index contributed by atoms with van der Waals surface area (Å²) in [4.78, 5) is 7.77. The van der Waals surface area contributed by atoms with Crippen LogP contribution in [0.1, 0.15) is 24.9 Å². The van der Waals surface area contributed by atoms with Gasteiger partial charge in [0, 0.05) is 31.9 Å². The molecule has 0 saturated carbocycles. The average Bonchev–Trinajstić information content (AvgIpc) is 2.90. The zero-order chi connectivity index (χ0) is 15.3. The number of anilines is 1. The van der Waals surface area contributed by atoms with Crippen molar-refractivity contribution in [2.24, 2.45) is 0 Å². The first-order valence-electron chi connectivity index (χ1n) is 6.79. The maximum absolute atomic E-state index is 12.5. The number of hydrogen-bond donors (Lipinski definition) is 1. The summed E-state index contributed by atoms with van der Waals surface area (Å²) in [7, 11) is 0. The summed E-state index contributed by atoms with van der Waals surface area (Å²) < 4.78 is 39.6. The Morgan fingerprint density at radius 3 is 2.81 bits per heavy atom. The minimum atomic E-state index is -4.41. The highest BCUT2D eigenvalue weighted by Crippen LogP contribution is 2.28. The Hall–Kier alpha value is -2.05. The molecule has 2 aromatic heterocycles. The van der Waals surface area contributed by atoms with Crippen LogP contribution < -0.4 is 5.32 Å². The molecule has 0 saturated heterocycles. The predicted octanol–water partition coefficient (Wildman–Crippen LogP) is 3.36. The molecule has 21 heavy (non-hydrogen) atoms. The molecule has 0 aliphatic carbocycles. The molecule has 0 aliphatic heterocycles. The van der Waals surface area contributed by atoms with Gasteiger partial charge >= 0.3 is 6.18 Å². The molecule has 2 aromatic rings. The molecule has 0 aromatic carbocycles. The van der Waals surface area contributed by atoms with Gasteiger partial charge in [0.15, 0.2) is 0 Å². The highest BCUT2D eigenvalue weighted by molar-refractivity contribution is 5.35. The largest absolute Gasteiger partial charge is 0.433 e. The highest BCUT2D eigenvalue weighted by atomic mass is 19.4. The number of aromatic nitrogens is 3. The molecule has 0 unspecified atom stereocenters. The Morgan fingerprint density at radius 1 is 1.29 bits per heavy atom. The van der Waals surface area contributed by atoms with Gasteiger partial charge in [-0.1, -0.05) is 13.0 Å². The molecule has 0 fully saturated rings. The van der Waals surface area contributed by atoms with Crippen LogP contribution >= 0.6 is 0 Å². The van der Waals surface area contributed by atoms with E-state index in [9.17, 15) is 13.2 Å². The summed E-state index contributed by atoms with van der Waals surface area (Å²) in [6.45, 7) is 3.36. The Morgan fingerprint density at radius 2 is 2.10 bits per heavy atom. The SMILES string of the molecule is CCc1nccn1CCCNc1cccc(C(F)(F)F)n1. The lowest BCUT2D eigenvalue weighted by Crippen LogP contribution is -2.12. The second kappa shape index (κ2) is 6.60. The van der Waals surface area contributed by atoms with Gasteiger partial charge in [-0.3, -0.25) is 0 Å². The summed E-state index contributed by atoms with van der Waals surface area (Å²) in [5.41, 5.74) is -0.879. The Kier molecular flexibility index (Phi) is 4.82. The van der Waals surface area contributed by atoms with Crippen LogP contribution in [0.15, 0.2) is 30.6 Å². The van der Waals surface area contributed by atoms with Gasteiger partial charge in [-0.25, -0.2) is 9.97 Å². The highest BCUT2D eigenvalue weighted by Gasteiger charge is 2.32. The van der Waals surface area contributed by atoms with Crippen LogP contribution in [-0.2, 0) is 19.1 Å². The van der Waals surface area contributed by atoms with E-state index >= 15 is 0 Å². The number of alkyl halides is 3. The second-order valence-corrected chi connectivity index (χ2v) is 4.58. The third kappa shape index (κ3) is 4.21. The lowest BCUT2D eigenvalue weighted by molar-refractivity contribution is -0.141. The number of hydrogen-bond acceptors (Lipinski definition) is 3. The summed E-state index contributed by atoms with van der Waals surface area (Å²) >= 11 is 0. The first-order chi connectivity index (χ1) is 10.0. The first-order valence-corrected chi connectivity index (χ1v) is 6.79. The van der Waals surface area contributed by atoms with Crippen molar-refractivity contribution in [3.05, 3.63) is 42.1 Å². The predicted molar refractivity (Wildman–Crippen MR) is 74.0 cm³/mol. The zero-order valence-corrected chi connectivity index (χ0v) is 11.7. The van der Waals surface area contributed by atoms with E-state index in [4.69, 9.17) is 0 Å². The summed E-state index contributed by atoms with van der Waals surface area (Å²) in [6.07, 6.45) is 0.878. The monoisotopic (exact) mass is 298 g/mol. The molecule has 0 amide bonds. The Bertz CT molecular complexity index is 578. The van der Waals surface area contributed by atoms with Crippen LogP contribution in [0.5, 0.6) is 0 Å². The van der Waals surface area contributed by atoms with Gasteiger partial charge in [0.25, 0.3) is 0 Å². The minimum absolute atomic E-state index is 0.242. The van der Waals surface area contributed by atoms with Crippen molar-refractivity contribution < 1.29 is 13.2 Å². The van der Waals surface area contributed by atoms with Crippen LogP contribution in [0.3, 0.4) is 0 Å². The van der Waals surface area contributed by atoms with Crippen molar-refractivity contribution in [3.63, 3.8) is 0 Å². The third-order valence-electron chi connectivity index (χ3n) is 3.04.